The van der Waals surface area contributed by atoms with Gasteiger partial charge in [0.05, 0.1) is 44.5 Å². The molecule has 2 aliphatic rings. The lowest BCUT2D eigenvalue weighted by atomic mass is 9.65. The third-order valence-electron chi connectivity index (χ3n) is 21.5. The maximum absolute atomic E-state index is 7.76. The molecule has 0 atom stereocenters. The summed E-state index contributed by atoms with van der Waals surface area (Å²) in [6.07, 6.45) is 1.97. The summed E-state index contributed by atoms with van der Waals surface area (Å²) >= 11 is 0. The first-order valence-corrected chi connectivity index (χ1v) is 35.8. The van der Waals surface area contributed by atoms with Gasteiger partial charge in [-0.1, -0.05) is 265 Å². The van der Waals surface area contributed by atoms with Crippen molar-refractivity contribution in [2.45, 2.75) is 110 Å². The highest BCUT2D eigenvalue weighted by Crippen LogP contribution is 2.59. The second-order valence-corrected chi connectivity index (χ2v) is 32.1. The van der Waals surface area contributed by atoms with Crippen LogP contribution in [0.5, 0.6) is 11.5 Å². The Morgan fingerprint density at radius 3 is 1.38 bits per heavy atom. The molecule has 0 saturated heterocycles. The van der Waals surface area contributed by atoms with Gasteiger partial charge in [0.15, 0.2) is 0 Å². The summed E-state index contributed by atoms with van der Waals surface area (Å²) in [4.78, 5) is 10.3. The molecule has 6 nitrogen and oxygen atoms in total. The van der Waals surface area contributed by atoms with Crippen molar-refractivity contribution in [1.82, 2.24) is 14.1 Å². The minimum Gasteiger partial charge on any atom is -0.457 e. The van der Waals surface area contributed by atoms with E-state index >= 15 is 0 Å². The van der Waals surface area contributed by atoms with Crippen LogP contribution in [0.25, 0.3) is 88.5 Å². The third kappa shape index (κ3) is 10.5. The molecule has 496 valence electrons. The molecular weight excluding hydrogens is 1230 g/mol. The van der Waals surface area contributed by atoms with E-state index in [1.165, 1.54) is 83.1 Å². The van der Waals surface area contributed by atoms with Gasteiger partial charge in [-0.25, -0.2) is 4.98 Å². The molecule has 0 bridgehead atoms. The number of rotatable bonds is 10. The number of aromatic nitrogens is 3. The molecule has 0 spiro atoms. The average molecular weight is 1310 g/mol. The van der Waals surface area contributed by atoms with Crippen molar-refractivity contribution in [2.24, 2.45) is 0 Å². The van der Waals surface area contributed by atoms with Gasteiger partial charge in [-0.2, -0.15) is 0 Å². The van der Waals surface area contributed by atoms with Crippen LogP contribution in [0.2, 0.25) is 0 Å². The van der Waals surface area contributed by atoms with Crippen molar-refractivity contribution in [1.29, 1.82) is 0 Å². The summed E-state index contributed by atoms with van der Waals surface area (Å²) in [6.45, 7) is 28.4. The Hall–Kier alpha value is -11.2. The highest BCUT2D eigenvalue weighted by atomic mass is 16.5. The molecule has 15 aromatic rings. The van der Waals surface area contributed by atoms with E-state index in [0.29, 0.717) is 12.4 Å². The molecule has 0 N–H and O–H groups in total. The first-order chi connectivity index (χ1) is 48.6. The van der Waals surface area contributed by atoms with Crippen LogP contribution in [-0.4, -0.2) is 20.8 Å². The van der Waals surface area contributed by atoms with E-state index in [0.717, 1.165) is 78.4 Å². The van der Waals surface area contributed by atoms with Gasteiger partial charge >= 0.3 is 0 Å². The minimum absolute atomic E-state index is 0.125. The third-order valence-corrected chi connectivity index (χ3v) is 21.5. The molecule has 0 unspecified atom stereocenters. The number of ether oxygens (including phenoxy) is 1. The van der Waals surface area contributed by atoms with Crippen LogP contribution < -0.4 is 14.5 Å². The lowest BCUT2D eigenvalue weighted by molar-refractivity contribution is 0.481. The summed E-state index contributed by atoms with van der Waals surface area (Å²) in [5, 5.41) is 4.69. The quantitative estimate of drug-likeness (QED) is 0.137. The fourth-order valence-corrected chi connectivity index (χ4v) is 16.2. The van der Waals surface area contributed by atoms with Gasteiger partial charge in [0.1, 0.15) is 24.0 Å². The second kappa shape index (κ2) is 23.5. The number of fused-ring (bicyclic) bond motifs is 10. The highest BCUT2D eigenvalue weighted by Gasteiger charge is 2.48. The fourth-order valence-electron chi connectivity index (χ4n) is 16.2. The first kappa shape index (κ1) is 63.3. The summed E-state index contributed by atoms with van der Waals surface area (Å²) < 4.78 is 12.5. The predicted molar refractivity (Wildman–Crippen MR) is 424 cm³/mol. The lowest BCUT2D eigenvalue weighted by Gasteiger charge is -2.37. The Labute approximate surface area is 594 Å². The molecule has 0 saturated carbocycles. The van der Waals surface area contributed by atoms with Gasteiger partial charge in [0, 0.05) is 62.4 Å². The van der Waals surface area contributed by atoms with Crippen LogP contribution in [0.1, 0.15) is 128 Å². The van der Waals surface area contributed by atoms with Gasteiger partial charge < -0.3 is 19.1 Å². The van der Waals surface area contributed by atoms with Crippen molar-refractivity contribution in [3.8, 4) is 56.4 Å². The number of pyridine rings is 1. The van der Waals surface area contributed by atoms with Gasteiger partial charge in [-0.05, 0) is 173 Å². The Morgan fingerprint density at radius 2 is 0.802 bits per heavy atom. The monoisotopic (exact) mass is 1310 g/mol. The lowest BCUT2D eigenvalue weighted by Crippen LogP contribution is -2.31. The normalized spacial score (nSPS) is 13.7. The Balaban J connectivity index is 0.919. The van der Waals surface area contributed by atoms with Gasteiger partial charge in [0.25, 0.3) is 0 Å². The number of hydrogen-bond acceptors (Lipinski definition) is 4. The SMILES string of the molecule is CC(C)(C)c1cc(C(C)(C)C)cc(C2(c3cc(Oc4ccc5c6ccc(-n7c8ccccc8c8ccccc87)cc6n(-c6cc(C(C)(C)C)ccn6)c5c4)cc(N4CN(c5c(-c6ccccc6)cc(C(C)(C)C)cc5-c5ccccc5)c5ccccc54)c3)c3ccccc3-c3ccccc32)c1. The number of anilines is 4. The Morgan fingerprint density at radius 1 is 0.327 bits per heavy atom. The molecule has 3 aromatic heterocycles. The topological polar surface area (TPSA) is 38.5 Å². The first-order valence-electron chi connectivity index (χ1n) is 35.8. The zero-order chi connectivity index (χ0) is 69.5. The molecule has 0 radical (unpaired) electrons. The maximum atomic E-state index is 7.76. The molecule has 0 amide bonds. The van der Waals surface area contributed by atoms with E-state index < -0.39 is 5.41 Å². The fraction of sp³-hybridized carbons (Fsp3) is 0.189. The smallest absolute Gasteiger partial charge is 0.137 e. The summed E-state index contributed by atoms with van der Waals surface area (Å²) in [6, 6.07) is 104. The average Bonchev–Trinajstić information content (AvgIpc) is 1.56. The Kier molecular flexibility index (Phi) is 14.7. The summed E-state index contributed by atoms with van der Waals surface area (Å²) in [5.41, 5.74) is 25.6. The van der Waals surface area contributed by atoms with Crippen LogP contribution >= 0.6 is 0 Å². The van der Waals surface area contributed by atoms with Crippen LogP contribution in [0.4, 0.5) is 22.7 Å². The number of hydrogen-bond donors (Lipinski definition) is 0. The zero-order valence-corrected chi connectivity index (χ0v) is 60.0. The van der Waals surface area contributed by atoms with Crippen LogP contribution in [-0.2, 0) is 27.1 Å². The molecule has 17 rings (SSSR count). The summed E-state index contributed by atoms with van der Waals surface area (Å²) in [5.74, 6) is 2.29. The molecule has 6 heteroatoms. The van der Waals surface area contributed by atoms with Crippen molar-refractivity contribution in [3.05, 3.63) is 330 Å². The second-order valence-electron chi connectivity index (χ2n) is 32.1. The Bertz CT molecular complexity index is 5590. The number of para-hydroxylation sites is 4. The molecule has 0 fully saturated rings. The van der Waals surface area contributed by atoms with E-state index in [4.69, 9.17) is 9.72 Å². The molecule has 101 heavy (non-hydrogen) atoms. The maximum Gasteiger partial charge on any atom is 0.137 e. The molecule has 1 aliphatic carbocycles. The van der Waals surface area contributed by atoms with E-state index in [-0.39, 0.29) is 21.7 Å². The van der Waals surface area contributed by atoms with E-state index in [1.807, 2.05) is 6.20 Å². The molecule has 1 aliphatic heterocycles. The van der Waals surface area contributed by atoms with Crippen molar-refractivity contribution in [2.75, 3.05) is 16.5 Å². The van der Waals surface area contributed by atoms with Gasteiger partial charge in [-0.15, -0.1) is 0 Å². The van der Waals surface area contributed by atoms with Crippen LogP contribution in [0, 0.1) is 0 Å². The minimum atomic E-state index is -0.806. The van der Waals surface area contributed by atoms with Gasteiger partial charge in [0.2, 0.25) is 0 Å². The van der Waals surface area contributed by atoms with Crippen LogP contribution in [0.3, 0.4) is 0 Å². The predicted octanol–water partition coefficient (Wildman–Crippen LogP) is 25.2. The standard InChI is InChI=1S/C95H85N5O/c1-91(2,3)63-47-48-96-89(56-63)100-87-58-69(99-83-39-25-21-35-75(83)76-36-22-26-40-84(76)99)43-45-77(87)78-46-44-71(59-88(78)100)101-72-53-68(95(67-50-64(92(4,5)6)49-65(51-67)93(7,8)9)81-37-23-19-33-73(81)74-34-20-24-38-82(74)95)52-70(57-72)97-60-98(86-42-28-27-41-85(86)97)90-79(61-29-15-13-16-30-61)54-66(94(10,11)12)55-80(90)62-31-17-14-18-32-62/h13-59H,60H2,1-12H3. The van der Waals surface area contributed by atoms with E-state index in [1.54, 1.807) is 0 Å². The molecular formula is C95H85N5O. The summed E-state index contributed by atoms with van der Waals surface area (Å²) in [7, 11) is 0. The van der Waals surface area contributed by atoms with Crippen LogP contribution in [0.15, 0.2) is 285 Å². The highest BCUT2D eigenvalue weighted by molar-refractivity contribution is 6.12. The van der Waals surface area contributed by atoms with Gasteiger partial charge in [-0.3, -0.25) is 4.57 Å². The molecule has 4 heterocycles. The van der Waals surface area contributed by atoms with Crippen molar-refractivity contribution >= 4 is 66.4 Å². The number of nitrogens with zero attached hydrogens (tertiary/aromatic N) is 5. The van der Waals surface area contributed by atoms with E-state index in [9.17, 15) is 0 Å². The van der Waals surface area contributed by atoms with E-state index in [2.05, 4.69) is 381 Å². The molecule has 12 aromatic carbocycles. The van der Waals surface area contributed by atoms with Crippen molar-refractivity contribution in [3.63, 3.8) is 0 Å². The van der Waals surface area contributed by atoms with Crippen molar-refractivity contribution < 1.29 is 4.74 Å². The zero-order valence-electron chi connectivity index (χ0n) is 60.0. The number of benzene rings is 12. The largest absolute Gasteiger partial charge is 0.457 e.